The van der Waals surface area contributed by atoms with E-state index in [0.29, 0.717) is 22.6 Å². The van der Waals surface area contributed by atoms with Crippen LogP contribution < -0.4 is 4.74 Å². The summed E-state index contributed by atoms with van der Waals surface area (Å²) >= 11 is 13.7. The standard InChI is InChI=1S/C21H23Cl2N3OS/c1-13(2)16-7-5-14(3)9-19(16)27-11-20-24-25-21(26(20)4)28-12-15-6-8-17(22)18(23)10-15/h5-10,13H,11-12H2,1-4H3. The summed E-state index contributed by atoms with van der Waals surface area (Å²) in [7, 11) is 1.95. The predicted molar refractivity (Wildman–Crippen MR) is 117 cm³/mol. The van der Waals surface area contributed by atoms with E-state index >= 15 is 0 Å². The molecule has 2 aromatic carbocycles. The van der Waals surface area contributed by atoms with Gasteiger partial charge in [0.2, 0.25) is 0 Å². The van der Waals surface area contributed by atoms with Gasteiger partial charge in [0.25, 0.3) is 0 Å². The highest BCUT2D eigenvalue weighted by Gasteiger charge is 2.13. The number of ether oxygens (including phenoxy) is 1. The molecule has 1 heterocycles. The van der Waals surface area contributed by atoms with Gasteiger partial charge in [0.15, 0.2) is 11.0 Å². The average molecular weight is 436 g/mol. The van der Waals surface area contributed by atoms with E-state index in [9.17, 15) is 0 Å². The van der Waals surface area contributed by atoms with Gasteiger partial charge in [-0.15, -0.1) is 10.2 Å². The van der Waals surface area contributed by atoms with Crippen molar-refractivity contribution in [2.24, 2.45) is 7.05 Å². The van der Waals surface area contributed by atoms with Crippen LogP contribution in [0.4, 0.5) is 0 Å². The Kier molecular flexibility index (Phi) is 6.91. The van der Waals surface area contributed by atoms with Crippen LogP contribution in [0, 0.1) is 6.92 Å². The van der Waals surface area contributed by atoms with Crippen LogP contribution in [0.15, 0.2) is 41.6 Å². The lowest BCUT2D eigenvalue weighted by Gasteiger charge is -2.14. The molecule has 148 valence electrons. The van der Waals surface area contributed by atoms with Crippen LogP contribution in [-0.2, 0) is 19.4 Å². The molecule has 0 saturated heterocycles. The molecule has 0 bridgehead atoms. The maximum absolute atomic E-state index is 6.09. The highest BCUT2D eigenvalue weighted by molar-refractivity contribution is 7.98. The fraction of sp³-hybridized carbons (Fsp3) is 0.333. The molecule has 0 aliphatic rings. The molecule has 7 heteroatoms. The van der Waals surface area contributed by atoms with Gasteiger partial charge >= 0.3 is 0 Å². The Balaban J connectivity index is 1.66. The van der Waals surface area contributed by atoms with Gasteiger partial charge in [-0.1, -0.05) is 67.0 Å². The molecular formula is C21H23Cl2N3OS. The lowest BCUT2D eigenvalue weighted by Crippen LogP contribution is -2.06. The minimum absolute atomic E-state index is 0.375. The van der Waals surface area contributed by atoms with E-state index in [2.05, 4.69) is 49.2 Å². The lowest BCUT2D eigenvalue weighted by atomic mass is 10.0. The summed E-state index contributed by atoms with van der Waals surface area (Å²) in [6.45, 7) is 6.77. The minimum Gasteiger partial charge on any atom is -0.485 e. The quantitative estimate of drug-likeness (QED) is 0.401. The van der Waals surface area contributed by atoms with Crippen molar-refractivity contribution < 1.29 is 4.74 Å². The largest absolute Gasteiger partial charge is 0.485 e. The normalized spacial score (nSPS) is 11.2. The van der Waals surface area contributed by atoms with Crippen molar-refractivity contribution in [3.05, 3.63) is 69.0 Å². The van der Waals surface area contributed by atoms with Crippen LogP contribution in [0.3, 0.4) is 0 Å². The Morgan fingerprint density at radius 1 is 1.07 bits per heavy atom. The van der Waals surface area contributed by atoms with Crippen molar-refractivity contribution in [1.29, 1.82) is 0 Å². The summed E-state index contributed by atoms with van der Waals surface area (Å²) in [6, 6.07) is 12.0. The molecule has 3 rings (SSSR count). The van der Waals surface area contributed by atoms with Crippen molar-refractivity contribution in [3.8, 4) is 5.75 Å². The van der Waals surface area contributed by atoms with Crippen LogP contribution >= 0.6 is 35.0 Å². The molecule has 1 aromatic heterocycles. The van der Waals surface area contributed by atoms with Crippen LogP contribution in [0.1, 0.15) is 42.3 Å². The number of nitrogens with zero attached hydrogens (tertiary/aromatic N) is 3. The second-order valence-corrected chi connectivity index (χ2v) is 8.74. The van der Waals surface area contributed by atoms with Crippen LogP contribution in [-0.4, -0.2) is 14.8 Å². The van der Waals surface area contributed by atoms with E-state index in [4.69, 9.17) is 27.9 Å². The molecule has 3 aromatic rings. The highest BCUT2D eigenvalue weighted by atomic mass is 35.5. The number of aromatic nitrogens is 3. The lowest BCUT2D eigenvalue weighted by molar-refractivity contribution is 0.286. The van der Waals surface area contributed by atoms with Gasteiger partial charge in [-0.25, -0.2) is 0 Å². The van der Waals surface area contributed by atoms with E-state index in [1.807, 2.05) is 29.8 Å². The number of halogens is 2. The van der Waals surface area contributed by atoms with E-state index in [1.54, 1.807) is 11.8 Å². The number of hydrogen-bond acceptors (Lipinski definition) is 4. The molecule has 0 aliphatic carbocycles. The monoisotopic (exact) mass is 435 g/mol. The zero-order valence-corrected chi connectivity index (χ0v) is 18.7. The Labute approximate surface area is 180 Å². The van der Waals surface area contributed by atoms with Crippen molar-refractivity contribution in [2.45, 2.75) is 44.2 Å². The maximum atomic E-state index is 6.09. The molecule has 28 heavy (non-hydrogen) atoms. The second-order valence-electron chi connectivity index (χ2n) is 6.98. The molecule has 0 unspecified atom stereocenters. The summed E-state index contributed by atoms with van der Waals surface area (Å²) in [5.74, 6) is 2.82. The first-order valence-corrected chi connectivity index (χ1v) is 10.8. The topological polar surface area (TPSA) is 39.9 Å². The van der Waals surface area contributed by atoms with Crippen LogP contribution in [0.5, 0.6) is 5.75 Å². The van der Waals surface area contributed by atoms with Gasteiger partial charge in [-0.3, -0.25) is 0 Å². The molecule has 0 saturated carbocycles. The molecule has 0 aliphatic heterocycles. The first kappa shape index (κ1) is 21.0. The SMILES string of the molecule is Cc1ccc(C(C)C)c(OCc2nnc(SCc3ccc(Cl)c(Cl)c3)n2C)c1. The van der Waals surface area contributed by atoms with Crippen LogP contribution in [0.25, 0.3) is 0 Å². The molecule has 0 spiro atoms. The molecule has 0 radical (unpaired) electrons. The first-order chi connectivity index (χ1) is 13.3. The van der Waals surface area contributed by atoms with Crippen molar-refractivity contribution >= 4 is 35.0 Å². The van der Waals surface area contributed by atoms with Crippen molar-refractivity contribution in [1.82, 2.24) is 14.8 Å². The van der Waals surface area contributed by atoms with Gasteiger partial charge in [-0.2, -0.15) is 0 Å². The molecule has 0 atom stereocenters. The molecule has 0 amide bonds. The summed E-state index contributed by atoms with van der Waals surface area (Å²) < 4.78 is 8.05. The Morgan fingerprint density at radius 2 is 1.86 bits per heavy atom. The van der Waals surface area contributed by atoms with Gasteiger partial charge in [0, 0.05) is 12.8 Å². The summed E-state index contributed by atoms with van der Waals surface area (Å²) in [5.41, 5.74) is 3.46. The van der Waals surface area contributed by atoms with E-state index in [1.165, 1.54) is 11.1 Å². The van der Waals surface area contributed by atoms with E-state index in [-0.39, 0.29) is 0 Å². The van der Waals surface area contributed by atoms with Crippen molar-refractivity contribution in [2.75, 3.05) is 0 Å². The molecular weight excluding hydrogens is 413 g/mol. The molecule has 0 N–H and O–H groups in total. The Bertz CT molecular complexity index is 972. The fourth-order valence-electron chi connectivity index (χ4n) is 2.76. The van der Waals surface area contributed by atoms with E-state index < -0.39 is 0 Å². The third-order valence-electron chi connectivity index (χ3n) is 4.42. The summed E-state index contributed by atoms with van der Waals surface area (Å²) in [5, 5.41) is 10.5. The minimum atomic E-state index is 0.375. The third-order valence-corrected chi connectivity index (χ3v) is 6.26. The smallest absolute Gasteiger partial charge is 0.191 e. The summed E-state index contributed by atoms with van der Waals surface area (Å²) in [6.07, 6.45) is 0. The van der Waals surface area contributed by atoms with Gasteiger partial charge in [0.05, 0.1) is 10.0 Å². The van der Waals surface area contributed by atoms with Gasteiger partial charge < -0.3 is 9.30 Å². The third kappa shape index (κ3) is 5.02. The summed E-state index contributed by atoms with van der Waals surface area (Å²) in [4.78, 5) is 0. The fourth-order valence-corrected chi connectivity index (χ4v) is 3.95. The van der Waals surface area contributed by atoms with Gasteiger partial charge in [-0.05, 0) is 47.7 Å². The maximum Gasteiger partial charge on any atom is 0.191 e. The number of aryl methyl sites for hydroxylation is 1. The van der Waals surface area contributed by atoms with Crippen LogP contribution in [0.2, 0.25) is 10.0 Å². The van der Waals surface area contributed by atoms with E-state index in [0.717, 1.165) is 28.0 Å². The number of hydrogen-bond donors (Lipinski definition) is 0. The second kappa shape index (κ2) is 9.21. The van der Waals surface area contributed by atoms with Gasteiger partial charge in [0.1, 0.15) is 12.4 Å². The molecule has 4 nitrogen and oxygen atoms in total. The number of thioether (sulfide) groups is 1. The zero-order chi connectivity index (χ0) is 20.3. The zero-order valence-electron chi connectivity index (χ0n) is 16.4. The number of rotatable bonds is 7. The van der Waals surface area contributed by atoms with Crippen molar-refractivity contribution in [3.63, 3.8) is 0 Å². The molecule has 0 fully saturated rings. The predicted octanol–water partition coefficient (Wildman–Crippen LogP) is 6.43. The Morgan fingerprint density at radius 3 is 2.57 bits per heavy atom. The highest BCUT2D eigenvalue weighted by Crippen LogP contribution is 2.29. The average Bonchev–Trinajstić information content (AvgIpc) is 3.00. The Hall–Kier alpha value is -1.69. The number of benzene rings is 2. The first-order valence-electron chi connectivity index (χ1n) is 9.03.